The highest BCUT2D eigenvalue weighted by Crippen LogP contribution is 2.15. The van der Waals surface area contributed by atoms with E-state index in [9.17, 15) is 0 Å². The summed E-state index contributed by atoms with van der Waals surface area (Å²) < 4.78 is 1.86. The van der Waals surface area contributed by atoms with E-state index in [1.807, 2.05) is 47.3 Å². The molecule has 0 amide bonds. The Labute approximate surface area is 131 Å². The van der Waals surface area contributed by atoms with Gasteiger partial charge in [0.25, 0.3) is 0 Å². The lowest BCUT2D eigenvalue weighted by molar-refractivity contribution is 0.277. The molecule has 0 saturated carbocycles. The molecule has 0 atom stereocenters. The Morgan fingerprint density at radius 3 is 2.68 bits per heavy atom. The number of benzene rings is 1. The third-order valence-electron chi connectivity index (χ3n) is 4.18. The smallest absolute Gasteiger partial charge is 0.191 e. The van der Waals surface area contributed by atoms with Crippen LogP contribution in [0.4, 0.5) is 0 Å². The van der Waals surface area contributed by atoms with Gasteiger partial charge in [0.2, 0.25) is 0 Å². The van der Waals surface area contributed by atoms with E-state index in [0.29, 0.717) is 12.5 Å². The minimum Gasteiger partial charge on any atom is -0.370 e. The number of aromatic nitrogens is 2. The minimum absolute atomic E-state index is 0.526. The summed E-state index contributed by atoms with van der Waals surface area (Å²) in [5, 5.41) is 4.55. The number of guanidine groups is 1. The Morgan fingerprint density at radius 1 is 1.23 bits per heavy atom. The van der Waals surface area contributed by atoms with E-state index < -0.39 is 0 Å². The molecule has 2 N–H and O–H groups in total. The maximum absolute atomic E-state index is 6.10. The van der Waals surface area contributed by atoms with Crippen LogP contribution in [0.25, 0.3) is 5.69 Å². The van der Waals surface area contributed by atoms with Crippen molar-refractivity contribution in [3.05, 3.63) is 48.3 Å². The molecular formula is C17H23N5. The quantitative estimate of drug-likeness (QED) is 0.699. The van der Waals surface area contributed by atoms with Crippen LogP contribution in [0.2, 0.25) is 0 Å². The third-order valence-corrected chi connectivity index (χ3v) is 4.18. The molecule has 5 nitrogen and oxygen atoms in total. The number of hydrogen-bond donors (Lipinski definition) is 1. The van der Waals surface area contributed by atoms with Crippen molar-refractivity contribution in [3.63, 3.8) is 0 Å². The van der Waals surface area contributed by atoms with Crippen molar-refractivity contribution < 1.29 is 0 Å². The van der Waals surface area contributed by atoms with Crippen LogP contribution in [0.5, 0.6) is 0 Å². The van der Waals surface area contributed by atoms with E-state index in [1.165, 1.54) is 12.8 Å². The average molecular weight is 297 g/mol. The SMILES string of the molecule is CC1CCN(C(N)=NCc2ccn(-c3ccccc3)n2)CC1. The van der Waals surface area contributed by atoms with E-state index in [4.69, 9.17) is 5.73 Å². The molecule has 0 unspecified atom stereocenters. The predicted octanol–water partition coefficient (Wildman–Crippen LogP) is 2.42. The van der Waals surface area contributed by atoms with Gasteiger partial charge in [0, 0.05) is 19.3 Å². The first kappa shape index (κ1) is 14.6. The zero-order valence-electron chi connectivity index (χ0n) is 13.0. The van der Waals surface area contributed by atoms with Gasteiger partial charge in [-0.15, -0.1) is 0 Å². The Morgan fingerprint density at radius 2 is 1.95 bits per heavy atom. The highest BCUT2D eigenvalue weighted by atomic mass is 15.3. The number of piperidine rings is 1. The maximum atomic E-state index is 6.10. The van der Waals surface area contributed by atoms with E-state index in [2.05, 4.69) is 21.9 Å². The standard InChI is InChI=1S/C17H23N5/c1-14-7-10-21(11-8-14)17(18)19-13-15-9-12-22(20-15)16-5-3-2-4-6-16/h2-6,9,12,14H,7-8,10-11,13H2,1H3,(H2,18,19). The van der Waals surface area contributed by atoms with Gasteiger partial charge < -0.3 is 10.6 Å². The summed E-state index contributed by atoms with van der Waals surface area (Å²) in [6.07, 6.45) is 4.34. The molecule has 2 aromatic rings. The summed E-state index contributed by atoms with van der Waals surface area (Å²) in [4.78, 5) is 6.67. The molecule has 1 aliphatic heterocycles. The number of para-hydroxylation sites is 1. The van der Waals surface area contributed by atoms with Crippen LogP contribution in [-0.2, 0) is 6.54 Å². The molecule has 0 bridgehead atoms. The summed E-state index contributed by atoms with van der Waals surface area (Å²) >= 11 is 0. The first-order valence-corrected chi connectivity index (χ1v) is 7.87. The molecule has 0 radical (unpaired) electrons. The lowest BCUT2D eigenvalue weighted by atomic mass is 10.00. The van der Waals surface area contributed by atoms with Crippen molar-refractivity contribution in [1.82, 2.24) is 14.7 Å². The number of aliphatic imine (C=N–C) groups is 1. The van der Waals surface area contributed by atoms with Gasteiger partial charge in [0.15, 0.2) is 5.96 Å². The molecule has 5 heteroatoms. The van der Waals surface area contributed by atoms with Crippen LogP contribution in [0.1, 0.15) is 25.5 Å². The van der Waals surface area contributed by atoms with Crippen LogP contribution in [0, 0.1) is 5.92 Å². The summed E-state index contributed by atoms with van der Waals surface area (Å²) in [7, 11) is 0. The summed E-state index contributed by atoms with van der Waals surface area (Å²) in [6.45, 7) is 4.84. The van der Waals surface area contributed by atoms with Gasteiger partial charge in [-0.05, 0) is 37.0 Å². The van der Waals surface area contributed by atoms with Crippen molar-refractivity contribution in [1.29, 1.82) is 0 Å². The fraction of sp³-hybridized carbons (Fsp3) is 0.412. The number of hydrogen-bond acceptors (Lipinski definition) is 2. The Bertz CT molecular complexity index is 624. The second-order valence-electron chi connectivity index (χ2n) is 5.93. The second kappa shape index (κ2) is 6.64. The third kappa shape index (κ3) is 3.47. The molecule has 0 spiro atoms. The normalized spacial score (nSPS) is 17.0. The molecule has 0 aliphatic carbocycles. The van der Waals surface area contributed by atoms with Crippen molar-refractivity contribution in [2.45, 2.75) is 26.3 Å². The van der Waals surface area contributed by atoms with Gasteiger partial charge in [-0.2, -0.15) is 5.10 Å². The number of nitrogens with two attached hydrogens (primary N) is 1. The van der Waals surface area contributed by atoms with E-state index in [-0.39, 0.29) is 0 Å². The molecule has 1 aromatic carbocycles. The highest BCUT2D eigenvalue weighted by molar-refractivity contribution is 5.78. The molecule has 1 aromatic heterocycles. The fourth-order valence-corrected chi connectivity index (χ4v) is 2.67. The van der Waals surface area contributed by atoms with Gasteiger partial charge in [0.05, 0.1) is 17.9 Å². The topological polar surface area (TPSA) is 59.4 Å². The zero-order valence-corrected chi connectivity index (χ0v) is 13.0. The Hall–Kier alpha value is -2.30. The van der Waals surface area contributed by atoms with Crippen LogP contribution < -0.4 is 5.73 Å². The number of nitrogens with zero attached hydrogens (tertiary/aromatic N) is 4. The van der Waals surface area contributed by atoms with Crippen LogP contribution in [0.15, 0.2) is 47.6 Å². The second-order valence-corrected chi connectivity index (χ2v) is 5.93. The zero-order chi connectivity index (χ0) is 15.4. The van der Waals surface area contributed by atoms with Crippen LogP contribution in [0.3, 0.4) is 0 Å². The van der Waals surface area contributed by atoms with E-state index in [0.717, 1.165) is 30.4 Å². The predicted molar refractivity (Wildman–Crippen MR) is 88.9 cm³/mol. The maximum Gasteiger partial charge on any atom is 0.191 e. The van der Waals surface area contributed by atoms with Crippen molar-refractivity contribution >= 4 is 5.96 Å². The van der Waals surface area contributed by atoms with E-state index in [1.54, 1.807) is 0 Å². The molecule has 1 fully saturated rings. The molecule has 22 heavy (non-hydrogen) atoms. The highest BCUT2D eigenvalue weighted by Gasteiger charge is 2.16. The lowest BCUT2D eigenvalue weighted by Crippen LogP contribution is -2.42. The largest absolute Gasteiger partial charge is 0.370 e. The van der Waals surface area contributed by atoms with Crippen molar-refractivity contribution in [2.24, 2.45) is 16.6 Å². The Balaban J connectivity index is 1.62. The van der Waals surface area contributed by atoms with Gasteiger partial charge in [-0.3, -0.25) is 0 Å². The lowest BCUT2D eigenvalue weighted by Gasteiger charge is -2.30. The summed E-state index contributed by atoms with van der Waals surface area (Å²) in [5.41, 5.74) is 8.08. The fourth-order valence-electron chi connectivity index (χ4n) is 2.67. The first-order chi connectivity index (χ1) is 10.7. The molecule has 116 valence electrons. The molecule has 1 saturated heterocycles. The number of rotatable bonds is 3. The van der Waals surface area contributed by atoms with Gasteiger partial charge in [-0.25, -0.2) is 9.67 Å². The molecular weight excluding hydrogens is 274 g/mol. The van der Waals surface area contributed by atoms with Crippen molar-refractivity contribution in [2.75, 3.05) is 13.1 Å². The number of likely N-dealkylation sites (tertiary alicyclic amines) is 1. The summed E-state index contributed by atoms with van der Waals surface area (Å²) in [5.74, 6) is 1.44. The van der Waals surface area contributed by atoms with Gasteiger partial charge >= 0.3 is 0 Å². The van der Waals surface area contributed by atoms with Gasteiger partial charge in [-0.1, -0.05) is 25.1 Å². The average Bonchev–Trinajstić information content (AvgIpc) is 3.03. The molecule has 3 rings (SSSR count). The molecule has 1 aliphatic rings. The first-order valence-electron chi connectivity index (χ1n) is 7.87. The van der Waals surface area contributed by atoms with Gasteiger partial charge in [0.1, 0.15) is 0 Å². The summed E-state index contributed by atoms with van der Waals surface area (Å²) in [6, 6.07) is 12.1. The molecule has 2 heterocycles. The van der Waals surface area contributed by atoms with Crippen LogP contribution in [-0.4, -0.2) is 33.7 Å². The Kier molecular flexibility index (Phi) is 4.42. The van der Waals surface area contributed by atoms with Crippen LogP contribution >= 0.6 is 0 Å². The van der Waals surface area contributed by atoms with Crippen molar-refractivity contribution in [3.8, 4) is 5.69 Å². The van der Waals surface area contributed by atoms with E-state index >= 15 is 0 Å². The minimum atomic E-state index is 0.526. The monoisotopic (exact) mass is 297 g/mol.